The van der Waals surface area contributed by atoms with Gasteiger partial charge in [0, 0.05) is 18.1 Å². The van der Waals surface area contributed by atoms with Crippen molar-refractivity contribution in [3.8, 4) is 11.1 Å². The van der Waals surface area contributed by atoms with Crippen molar-refractivity contribution in [3.63, 3.8) is 0 Å². The van der Waals surface area contributed by atoms with Crippen LogP contribution in [0.15, 0.2) is 79.1 Å². The number of nitrogens with zero attached hydrogens (tertiary/aromatic N) is 1. The molecule has 0 radical (unpaired) electrons. The number of hydrogen-bond acceptors (Lipinski definition) is 4. The largest absolute Gasteiger partial charge is 0.467 e. The zero-order chi connectivity index (χ0) is 19.1. The van der Waals surface area contributed by atoms with Crippen LogP contribution in [0.5, 0.6) is 0 Å². The molecule has 27 heavy (non-hydrogen) atoms. The van der Waals surface area contributed by atoms with Gasteiger partial charge < -0.3 is 15.4 Å². The molecule has 0 saturated heterocycles. The van der Waals surface area contributed by atoms with E-state index in [0.29, 0.717) is 11.3 Å². The minimum absolute atomic E-state index is 0.495. The van der Waals surface area contributed by atoms with Crippen LogP contribution in [0.1, 0.15) is 11.6 Å². The van der Waals surface area contributed by atoms with Crippen LogP contribution in [-0.4, -0.2) is 24.1 Å². The third kappa shape index (κ3) is 4.70. The van der Waals surface area contributed by atoms with Crippen molar-refractivity contribution in [3.05, 3.63) is 84.7 Å². The molecular weight excluding hydrogens is 342 g/mol. The first kappa shape index (κ1) is 18.1. The molecule has 6 heteroatoms. The minimum atomic E-state index is -0.882. The third-order valence-corrected chi connectivity index (χ3v) is 4.00. The molecule has 0 bridgehead atoms. The molecule has 1 aromatic heterocycles. The molecule has 0 unspecified atom stereocenters. The first-order valence-corrected chi connectivity index (χ1v) is 8.38. The van der Waals surface area contributed by atoms with Crippen LogP contribution < -0.4 is 10.6 Å². The van der Waals surface area contributed by atoms with Crippen LogP contribution in [0.4, 0.5) is 10.5 Å². The first-order valence-electron chi connectivity index (χ1n) is 8.38. The number of rotatable bonds is 5. The number of carbonyl (C=O) groups excluding carboxylic acids is 2. The van der Waals surface area contributed by atoms with Gasteiger partial charge in [0.2, 0.25) is 0 Å². The molecule has 0 saturated carbocycles. The van der Waals surface area contributed by atoms with Gasteiger partial charge in [-0.25, -0.2) is 9.59 Å². The standard InChI is InChI=1S/C21H19N3O3/c1-27-20(25)19(17-5-3-2-4-6-17)24-21(26)23-18-9-7-15(8-10-18)16-11-13-22-14-12-16/h2-14,19H,1H3,(H2,23,24,26)/t19-/m0/s1. The number of pyridine rings is 1. The monoisotopic (exact) mass is 361 g/mol. The number of benzene rings is 2. The summed E-state index contributed by atoms with van der Waals surface area (Å²) in [4.78, 5) is 28.4. The quantitative estimate of drug-likeness (QED) is 0.678. The lowest BCUT2D eigenvalue weighted by molar-refractivity contribution is -0.143. The Bertz CT molecular complexity index is 897. The Balaban J connectivity index is 1.68. The predicted molar refractivity (Wildman–Crippen MR) is 103 cm³/mol. The lowest BCUT2D eigenvalue weighted by Gasteiger charge is -2.17. The molecule has 6 nitrogen and oxygen atoms in total. The van der Waals surface area contributed by atoms with Crippen LogP contribution >= 0.6 is 0 Å². The molecule has 0 aliphatic carbocycles. The Morgan fingerprint density at radius 2 is 1.52 bits per heavy atom. The second kappa shape index (κ2) is 8.62. The summed E-state index contributed by atoms with van der Waals surface area (Å²) in [5.74, 6) is -0.538. The molecular formula is C21H19N3O3. The van der Waals surface area contributed by atoms with Gasteiger partial charge in [-0.3, -0.25) is 4.98 Å². The maximum atomic E-state index is 12.3. The number of nitrogens with one attached hydrogen (secondary N) is 2. The van der Waals surface area contributed by atoms with Gasteiger partial charge in [0.1, 0.15) is 0 Å². The number of hydrogen-bond donors (Lipinski definition) is 2. The predicted octanol–water partition coefficient (Wildman–Crippen LogP) is 3.78. The molecule has 0 aliphatic rings. The van der Waals surface area contributed by atoms with Crippen LogP contribution in [0.25, 0.3) is 11.1 Å². The van der Waals surface area contributed by atoms with E-state index < -0.39 is 18.0 Å². The fourth-order valence-corrected chi connectivity index (χ4v) is 2.63. The van der Waals surface area contributed by atoms with Gasteiger partial charge in [0.15, 0.2) is 6.04 Å². The van der Waals surface area contributed by atoms with E-state index in [0.717, 1.165) is 11.1 Å². The number of amides is 2. The zero-order valence-corrected chi connectivity index (χ0v) is 14.8. The smallest absolute Gasteiger partial charge is 0.333 e. The van der Waals surface area contributed by atoms with Crippen LogP contribution in [0.2, 0.25) is 0 Å². The van der Waals surface area contributed by atoms with Gasteiger partial charge in [-0.05, 0) is 41.0 Å². The SMILES string of the molecule is COC(=O)[C@@H](NC(=O)Nc1ccc(-c2ccncc2)cc1)c1ccccc1. The Labute approximate surface area is 157 Å². The number of aromatic nitrogens is 1. The summed E-state index contributed by atoms with van der Waals surface area (Å²) in [6.07, 6.45) is 3.46. The molecule has 0 fully saturated rings. The van der Waals surface area contributed by atoms with E-state index in [1.54, 1.807) is 48.8 Å². The molecule has 1 atom stereocenters. The second-order valence-electron chi connectivity index (χ2n) is 5.78. The summed E-state index contributed by atoms with van der Waals surface area (Å²) >= 11 is 0. The number of anilines is 1. The van der Waals surface area contributed by atoms with Crippen molar-refractivity contribution in [1.82, 2.24) is 10.3 Å². The highest BCUT2D eigenvalue weighted by molar-refractivity contribution is 5.93. The summed E-state index contributed by atoms with van der Waals surface area (Å²) in [7, 11) is 1.29. The lowest BCUT2D eigenvalue weighted by atomic mass is 10.1. The van der Waals surface area contributed by atoms with Crippen LogP contribution in [0, 0.1) is 0 Å². The molecule has 2 aromatic carbocycles. The molecule has 2 N–H and O–H groups in total. The second-order valence-corrected chi connectivity index (χ2v) is 5.78. The lowest BCUT2D eigenvalue weighted by Crippen LogP contribution is -2.37. The number of esters is 1. The highest BCUT2D eigenvalue weighted by Gasteiger charge is 2.23. The van der Waals surface area contributed by atoms with Crippen molar-refractivity contribution in [1.29, 1.82) is 0 Å². The number of methoxy groups -OCH3 is 1. The molecule has 3 rings (SSSR count). The van der Waals surface area contributed by atoms with E-state index in [1.165, 1.54) is 7.11 Å². The molecule has 0 spiro atoms. The van der Waals surface area contributed by atoms with E-state index in [1.807, 2.05) is 30.3 Å². The van der Waals surface area contributed by atoms with E-state index in [2.05, 4.69) is 15.6 Å². The van der Waals surface area contributed by atoms with Gasteiger partial charge in [-0.2, -0.15) is 0 Å². The van der Waals surface area contributed by atoms with Crippen molar-refractivity contribution in [2.45, 2.75) is 6.04 Å². The Morgan fingerprint density at radius 1 is 0.889 bits per heavy atom. The third-order valence-electron chi connectivity index (χ3n) is 4.00. The highest BCUT2D eigenvalue weighted by atomic mass is 16.5. The van der Waals surface area contributed by atoms with Crippen molar-refractivity contribution in [2.75, 3.05) is 12.4 Å². The topological polar surface area (TPSA) is 80.3 Å². The average Bonchev–Trinajstić information content (AvgIpc) is 2.73. The number of carbonyl (C=O) groups is 2. The van der Waals surface area contributed by atoms with Gasteiger partial charge in [-0.1, -0.05) is 42.5 Å². The fourth-order valence-electron chi connectivity index (χ4n) is 2.63. The maximum absolute atomic E-state index is 12.3. The average molecular weight is 361 g/mol. The highest BCUT2D eigenvalue weighted by Crippen LogP contribution is 2.21. The summed E-state index contributed by atoms with van der Waals surface area (Å²) in [5, 5.41) is 5.38. The van der Waals surface area contributed by atoms with Gasteiger partial charge >= 0.3 is 12.0 Å². The maximum Gasteiger partial charge on any atom is 0.333 e. The fraction of sp³-hybridized carbons (Fsp3) is 0.0952. The van der Waals surface area contributed by atoms with E-state index in [9.17, 15) is 9.59 Å². The Kier molecular flexibility index (Phi) is 5.79. The van der Waals surface area contributed by atoms with Gasteiger partial charge in [0.25, 0.3) is 0 Å². The Morgan fingerprint density at radius 3 is 2.15 bits per heavy atom. The van der Waals surface area contributed by atoms with E-state index in [-0.39, 0.29) is 0 Å². The van der Waals surface area contributed by atoms with E-state index >= 15 is 0 Å². The van der Waals surface area contributed by atoms with E-state index in [4.69, 9.17) is 4.74 Å². The normalized spacial score (nSPS) is 11.3. The van der Waals surface area contributed by atoms with Gasteiger partial charge in [-0.15, -0.1) is 0 Å². The van der Waals surface area contributed by atoms with Crippen molar-refractivity contribution in [2.24, 2.45) is 0 Å². The molecule has 136 valence electrons. The summed E-state index contributed by atoms with van der Waals surface area (Å²) < 4.78 is 4.80. The Hall–Kier alpha value is -3.67. The summed E-state index contributed by atoms with van der Waals surface area (Å²) in [5.41, 5.74) is 3.31. The van der Waals surface area contributed by atoms with Crippen molar-refractivity contribution < 1.29 is 14.3 Å². The molecule has 3 aromatic rings. The van der Waals surface area contributed by atoms with Gasteiger partial charge in [0.05, 0.1) is 7.11 Å². The van der Waals surface area contributed by atoms with Crippen molar-refractivity contribution >= 4 is 17.7 Å². The minimum Gasteiger partial charge on any atom is -0.467 e. The molecule has 2 amide bonds. The zero-order valence-electron chi connectivity index (χ0n) is 14.8. The number of urea groups is 1. The summed E-state index contributed by atoms with van der Waals surface area (Å²) in [6.45, 7) is 0. The summed E-state index contributed by atoms with van der Waals surface area (Å²) in [6, 6.07) is 18.8. The molecule has 1 heterocycles. The number of ether oxygens (including phenoxy) is 1. The van der Waals surface area contributed by atoms with Crippen LogP contribution in [0.3, 0.4) is 0 Å². The van der Waals surface area contributed by atoms with Crippen LogP contribution in [-0.2, 0) is 9.53 Å². The first-order chi connectivity index (χ1) is 13.2. The molecule has 0 aliphatic heterocycles.